The van der Waals surface area contributed by atoms with Crippen LogP contribution in [0.4, 0.5) is 0 Å². The molecular weight excluding hydrogens is 732 g/mol. The Morgan fingerprint density at radius 2 is 0.965 bits per heavy atom. The number of nitrogens with zero attached hydrogens (tertiary/aromatic N) is 1. The molecule has 0 aliphatic heterocycles. The third kappa shape index (κ3) is 42.6. The summed E-state index contributed by atoms with van der Waals surface area (Å²) in [6.45, 7) is 4.77. The summed E-state index contributed by atoms with van der Waals surface area (Å²) in [5.41, 5.74) is 0. The van der Waals surface area contributed by atoms with Crippen LogP contribution in [0.25, 0.3) is 0 Å². The molecule has 3 atom stereocenters. The maximum absolute atomic E-state index is 12.8. The Bertz CT molecular complexity index is 1030. The number of quaternary nitrogens is 1. The molecule has 0 saturated heterocycles. The van der Waals surface area contributed by atoms with Crippen molar-refractivity contribution >= 4 is 13.7 Å². The number of nitrogens with one attached hydrogen (secondary N) is 1. The molecule has 0 aliphatic rings. The van der Waals surface area contributed by atoms with E-state index < -0.39 is 20.0 Å². The molecule has 0 aromatic rings. The molecular formula is C48H94N2O6P+. The highest BCUT2D eigenvalue weighted by molar-refractivity contribution is 7.47. The Hall–Kier alpha value is -1.28. The van der Waals surface area contributed by atoms with Crippen LogP contribution in [0.3, 0.4) is 0 Å². The number of aliphatic hydroxyl groups is 1. The van der Waals surface area contributed by atoms with Crippen LogP contribution in [-0.2, 0) is 18.4 Å². The molecule has 1 amide bonds. The van der Waals surface area contributed by atoms with Gasteiger partial charge in [-0.1, -0.05) is 198 Å². The Morgan fingerprint density at radius 3 is 1.40 bits per heavy atom. The lowest BCUT2D eigenvalue weighted by Crippen LogP contribution is -2.45. The fourth-order valence-corrected chi connectivity index (χ4v) is 7.51. The first-order valence-corrected chi connectivity index (χ1v) is 25.4. The largest absolute Gasteiger partial charge is 0.472 e. The van der Waals surface area contributed by atoms with Crippen LogP contribution < -0.4 is 5.32 Å². The molecule has 0 radical (unpaired) electrons. The smallest absolute Gasteiger partial charge is 0.387 e. The molecule has 3 unspecified atom stereocenters. The van der Waals surface area contributed by atoms with E-state index in [0.29, 0.717) is 17.4 Å². The summed E-state index contributed by atoms with van der Waals surface area (Å²) in [5.74, 6) is -0.193. The zero-order chi connectivity index (χ0) is 42.1. The number of carbonyl (C=O) groups is 1. The average molecular weight is 826 g/mol. The van der Waals surface area contributed by atoms with E-state index >= 15 is 0 Å². The predicted molar refractivity (Wildman–Crippen MR) is 244 cm³/mol. The van der Waals surface area contributed by atoms with E-state index in [1.54, 1.807) is 6.08 Å². The van der Waals surface area contributed by atoms with Crippen LogP contribution in [0.2, 0.25) is 0 Å². The number of hydrogen-bond donors (Lipinski definition) is 3. The van der Waals surface area contributed by atoms with Crippen molar-refractivity contribution in [1.29, 1.82) is 0 Å². The highest BCUT2D eigenvalue weighted by Gasteiger charge is 2.27. The van der Waals surface area contributed by atoms with Crippen LogP contribution >= 0.6 is 7.82 Å². The summed E-state index contributed by atoms with van der Waals surface area (Å²) in [6, 6.07) is -0.865. The molecule has 0 aromatic heterocycles. The van der Waals surface area contributed by atoms with E-state index in [1.807, 2.05) is 27.2 Å². The molecule has 336 valence electrons. The molecule has 0 bridgehead atoms. The van der Waals surface area contributed by atoms with Gasteiger partial charge in [-0.25, -0.2) is 4.57 Å². The van der Waals surface area contributed by atoms with Crippen molar-refractivity contribution in [3.63, 3.8) is 0 Å². The summed E-state index contributed by atoms with van der Waals surface area (Å²) in [6.07, 6.45) is 49.5. The van der Waals surface area contributed by atoms with Crippen LogP contribution in [0, 0.1) is 0 Å². The van der Waals surface area contributed by atoms with Gasteiger partial charge in [-0.15, -0.1) is 0 Å². The predicted octanol–water partition coefficient (Wildman–Crippen LogP) is 13.5. The molecule has 0 spiro atoms. The van der Waals surface area contributed by atoms with Crippen LogP contribution in [0.15, 0.2) is 36.5 Å². The minimum Gasteiger partial charge on any atom is -0.387 e. The number of carbonyl (C=O) groups excluding carboxylic acids is 1. The molecule has 0 aromatic carbocycles. The maximum Gasteiger partial charge on any atom is 0.472 e. The minimum absolute atomic E-state index is 0.0544. The lowest BCUT2D eigenvalue weighted by Gasteiger charge is -2.25. The van der Waals surface area contributed by atoms with Crippen molar-refractivity contribution in [2.45, 2.75) is 225 Å². The van der Waals surface area contributed by atoms with Gasteiger partial charge in [-0.3, -0.25) is 13.8 Å². The minimum atomic E-state index is -4.34. The first-order valence-electron chi connectivity index (χ1n) is 23.9. The fraction of sp³-hybridized carbons (Fsp3) is 0.854. The monoisotopic (exact) mass is 826 g/mol. The molecule has 0 rings (SSSR count). The normalized spacial score (nSPS) is 14.6. The quantitative estimate of drug-likeness (QED) is 0.0245. The zero-order valence-corrected chi connectivity index (χ0v) is 39.0. The zero-order valence-electron chi connectivity index (χ0n) is 38.1. The molecule has 3 N–H and O–H groups in total. The number of phosphoric acid groups is 1. The van der Waals surface area contributed by atoms with E-state index in [4.69, 9.17) is 9.05 Å². The summed E-state index contributed by atoms with van der Waals surface area (Å²) in [5, 5.41) is 13.8. The Morgan fingerprint density at radius 1 is 0.579 bits per heavy atom. The fourth-order valence-electron chi connectivity index (χ4n) is 6.78. The summed E-state index contributed by atoms with van der Waals surface area (Å²) in [7, 11) is 1.55. The van der Waals surface area contributed by atoms with E-state index in [0.717, 1.165) is 44.9 Å². The first kappa shape index (κ1) is 55.7. The molecule has 0 aliphatic carbocycles. The topological polar surface area (TPSA) is 105 Å². The second kappa shape index (κ2) is 40.1. The number of rotatable bonds is 43. The molecule has 9 heteroatoms. The van der Waals surface area contributed by atoms with Gasteiger partial charge in [0.25, 0.3) is 0 Å². The number of unbranched alkanes of at least 4 members (excludes halogenated alkanes) is 26. The molecule has 0 saturated carbocycles. The van der Waals surface area contributed by atoms with Gasteiger partial charge >= 0.3 is 7.82 Å². The third-order valence-electron chi connectivity index (χ3n) is 10.6. The summed E-state index contributed by atoms with van der Waals surface area (Å²) in [4.78, 5) is 23.0. The van der Waals surface area contributed by atoms with Crippen LogP contribution in [-0.4, -0.2) is 73.4 Å². The lowest BCUT2D eigenvalue weighted by atomic mass is 10.0. The van der Waals surface area contributed by atoms with Crippen molar-refractivity contribution in [2.75, 3.05) is 40.9 Å². The molecule has 8 nitrogen and oxygen atoms in total. The van der Waals surface area contributed by atoms with Gasteiger partial charge in [-0.2, -0.15) is 0 Å². The van der Waals surface area contributed by atoms with Crippen LogP contribution in [0.1, 0.15) is 213 Å². The Kier molecular flexibility index (Phi) is 39.2. The van der Waals surface area contributed by atoms with Crippen molar-refractivity contribution < 1.29 is 32.9 Å². The van der Waals surface area contributed by atoms with E-state index in [9.17, 15) is 19.4 Å². The van der Waals surface area contributed by atoms with Gasteiger partial charge in [0.05, 0.1) is 39.9 Å². The van der Waals surface area contributed by atoms with Gasteiger partial charge < -0.3 is 19.8 Å². The number of phosphoric ester groups is 1. The van der Waals surface area contributed by atoms with Crippen molar-refractivity contribution in [3.8, 4) is 0 Å². The number of amides is 1. The van der Waals surface area contributed by atoms with E-state index in [2.05, 4.69) is 43.5 Å². The summed E-state index contributed by atoms with van der Waals surface area (Å²) >= 11 is 0. The molecule has 0 heterocycles. The van der Waals surface area contributed by atoms with Gasteiger partial charge in [0.15, 0.2) is 0 Å². The summed E-state index contributed by atoms with van der Waals surface area (Å²) < 4.78 is 23.5. The average Bonchev–Trinajstić information content (AvgIpc) is 3.16. The van der Waals surface area contributed by atoms with Gasteiger partial charge in [0, 0.05) is 6.42 Å². The number of hydrogen-bond acceptors (Lipinski definition) is 5. The van der Waals surface area contributed by atoms with Crippen molar-refractivity contribution in [1.82, 2.24) is 5.32 Å². The van der Waals surface area contributed by atoms with Crippen LogP contribution in [0.5, 0.6) is 0 Å². The van der Waals surface area contributed by atoms with Gasteiger partial charge in [0.1, 0.15) is 13.2 Å². The highest BCUT2D eigenvalue weighted by Crippen LogP contribution is 2.43. The van der Waals surface area contributed by atoms with Crippen molar-refractivity contribution in [2.24, 2.45) is 0 Å². The highest BCUT2D eigenvalue weighted by atomic mass is 31.2. The van der Waals surface area contributed by atoms with E-state index in [-0.39, 0.29) is 19.1 Å². The van der Waals surface area contributed by atoms with Gasteiger partial charge in [0.2, 0.25) is 5.91 Å². The van der Waals surface area contributed by atoms with E-state index in [1.165, 1.54) is 148 Å². The number of likely N-dealkylation sites (N-methyl/N-ethyl adjacent to an activating group) is 1. The third-order valence-corrected chi connectivity index (χ3v) is 11.6. The molecule has 0 fully saturated rings. The standard InChI is InChI=1S/C48H93N2O6P/c1-6-8-10-12-14-16-18-19-20-21-22-23-24-25-26-27-28-29-30-31-32-33-35-37-39-41-47(51)46(45-56-57(53,54)55-44-43-50(3,4)5)49-48(52)42-40-38-36-34-17-15-13-11-9-7-2/h28-29,32-33,39,41,46-47,51H,6-27,30-31,34-38,40,42-45H2,1-5H3,(H-,49,52,53,54)/p+1/b29-28+,33-32+,41-39+. The Balaban J connectivity index is 4.32. The lowest BCUT2D eigenvalue weighted by molar-refractivity contribution is -0.870. The number of allylic oxidation sites excluding steroid dienone is 5. The molecule has 57 heavy (non-hydrogen) atoms. The Labute approximate surface area is 353 Å². The number of aliphatic hydroxyl groups excluding tert-OH is 1. The van der Waals surface area contributed by atoms with Crippen molar-refractivity contribution in [3.05, 3.63) is 36.5 Å². The first-order chi connectivity index (χ1) is 27.5. The second-order valence-electron chi connectivity index (χ2n) is 17.5. The SMILES string of the molecule is CCCCCCCCCCCCCCCCC/C=C/CC/C=C/CC/C=C/C(O)C(COP(=O)(O)OCC[N+](C)(C)C)NC(=O)CCCCCCCCCCCC. The van der Waals surface area contributed by atoms with Gasteiger partial charge in [-0.05, 0) is 44.9 Å². The maximum atomic E-state index is 12.8. The second-order valence-corrected chi connectivity index (χ2v) is 18.9.